The number of aromatic nitrogens is 12. The molecule has 17 N–H and O–H groups in total. The third-order valence-corrected chi connectivity index (χ3v) is 12.8. The van der Waals surface area contributed by atoms with Crippen molar-refractivity contribution in [1.82, 2.24) is 59.8 Å². The quantitative estimate of drug-likeness (QED) is 0.0335. The van der Waals surface area contributed by atoms with Gasteiger partial charge in [0.15, 0.2) is 0 Å². The molecule has 0 atom stereocenters. The lowest BCUT2D eigenvalue weighted by molar-refractivity contribution is 0.866. The SMILES string of the molecule is CC(C)Nc1nc(N)nc(NCCc2cc(Cl)c(Cl)cc2Cl)n1.CC(C)Nc1nc(N)nc(NCc2ccccc2Cl)n1.CC(C)Nc1nc(N)nc(Nc2ccccc2Cl)n1.Nc1nc(N)nc(NCCc2cc(Cl)c(Cl)cc2Cl)n1. The number of nitrogens with one attached hydrogen (secondary N) is 7. The first-order valence-electron chi connectivity index (χ1n) is 24.7. The van der Waals surface area contributed by atoms with Crippen LogP contribution in [-0.2, 0) is 19.4 Å². The lowest BCUT2D eigenvalue weighted by atomic mass is 10.1. The van der Waals surface area contributed by atoms with Gasteiger partial charge in [-0.3, -0.25) is 0 Å². The van der Waals surface area contributed by atoms with Gasteiger partial charge >= 0.3 is 0 Å². The second-order valence-electron chi connectivity index (χ2n) is 17.9. The van der Waals surface area contributed by atoms with Gasteiger partial charge in [-0.2, -0.15) is 59.8 Å². The lowest BCUT2D eigenvalue weighted by Gasteiger charge is -2.11. The van der Waals surface area contributed by atoms with Gasteiger partial charge in [0, 0.05) is 52.8 Å². The van der Waals surface area contributed by atoms with Crippen LogP contribution in [0.15, 0.2) is 72.8 Å². The van der Waals surface area contributed by atoms with E-state index in [9.17, 15) is 0 Å². The number of hydrogen-bond acceptors (Lipinski definition) is 24. The van der Waals surface area contributed by atoms with E-state index < -0.39 is 0 Å². The summed E-state index contributed by atoms with van der Waals surface area (Å²) < 4.78 is 0. The standard InChI is InChI=1S/C14H17Cl3N6.C13H17ClN6.C12H15ClN6.C11H11Cl3N6/c1-7(2)20-14-22-12(18)21-13(23-14)19-4-3-8-5-10(16)11(17)6-9(8)15;1-8(2)17-13-19-11(15)18-12(20-13)16-7-9-5-3-4-6-10(9)14;1-7(2)15-11-17-10(14)18-12(19-11)16-9-6-4-3-5-8(9)13;12-6-4-8(14)7(13)3-5(6)1-2-17-11-19-9(15)18-10(16)20-11/h5-7H,3-4H2,1-2H3,(H4,18,19,20,21,22,23);3-6,8H,7H2,1-2H3,(H4,15,16,17,18,19,20);3-7H,1-2H3,(H4,14,15,16,17,18,19);3-4H,1-2H2,(H5,15,16,17,18,19,20). The van der Waals surface area contributed by atoms with Crippen LogP contribution in [0.1, 0.15) is 58.2 Å². The zero-order valence-corrected chi connectivity index (χ0v) is 51.0. The minimum Gasteiger partial charge on any atom is -0.368 e. The van der Waals surface area contributed by atoms with E-state index >= 15 is 0 Å². The summed E-state index contributed by atoms with van der Waals surface area (Å²) in [6, 6.07) is 22.2. The van der Waals surface area contributed by atoms with Gasteiger partial charge in [-0.1, -0.05) is 123 Å². The molecule has 0 amide bonds. The summed E-state index contributed by atoms with van der Waals surface area (Å²) in [5.41, 5.74) is 31.4. The first-order valence-corrected chi connectivity index (χ1v) is 27.8. The van der Waals surface area contributed by atoms with Crippen LogP contribution in [0.3, 0.4) is 0 Å². The summed E-state index contributed by atoms with van der Waals surface area (Å²) in [5, 5.41) is 25.6. The predicted octanol–water partition coefficient (Wildman–Crippen LogP) is 11.8. The Balaban J connectivity index is 0.000000201. The molecule has 0 radical (unpaired) electrons. The van der Waals surface area contributed by atoms with Crippen LogP contribution in [0.5, 0.6) is 0 Å². The summed E-state index contributed by atoms with van der Waals surface area (Å²) >= 11 is 48.1. The molecule has 4 aromatic heterocycles. The van der Waals surface area contributed by atoms with Gasteiger partial charge in [0.2, 0.25) is 71.4 Å². The molecular weight excluding hydrogens is 1220 g/mol. The largest absolute Gasteiger partial charge is 0.368 e. The second kappa shape index (κ2) is 32.5. The van der Waals surface area contributed by atoms with Crippen molar-refractivity contribution < 1.29 is 0 Å². The maximum Gasteiger partial charge on any atom is 0.233 e. The Morgan fingerprint density at radius 3 is 1.11 bits per heavy atom. The highest BCUT2D eigenvalue weighted by molar-refractivity contribution is 6.44. The van der Waals surface area contributed by atoms with E-state index in [4.69, 9.17) is 121 Å². The number of hydrogen-bond donors (Lipinski definition) is 12. The first kappa shape index (κ1) is 65.6. The molecule has 0 aliphatic heterocycles. The molecule has 4 aromatic carbocycles. The van der Waals surface area contributed by atoms with Crippen molar-refractivity contribution in [3.05, 3.63) is 130 Å². The summed E-state index contributed by atoms with van der Waals surface area (Å²) in [6.45, 7) is 13.5. The van der Waals surface area contributed by atoms with Crippen molar-refractivity contribution in [2.75, 3.05) is 79.0 Å². The zero-order chi connectivity index (χ0) is 60.0. The number of benzene rings is 4. The molecule has 436 valence electrons. The molecule has 0 saturated carbocycles. The van der Waals surface area contributed by atoms with E-state index in [1.165, 1.54) is 0 Å². The maximum absolute atomic E-state index is 6.15. The highest BCUT2D eigenvalue weighted by atomic mass is 35.5. The summed E-state index contributed by atoms with van der Waals surface area (Å²) in [4.78, 5) is 48.4. The fourth-order valence-electron chi connectivity index (χ4n) is 6.48. The van der Waals surface area contributed by atoms with Crippen molar-refractivity contribution in [2.45, 2.75) is 79.1 Å². The van der Waals surface area contributed by atoms with Gasteiger partial charge in [0.25, 0.3) is 0 Å². The molecule has 4 heterocycles. The Morgan fingerprint density at radius 2 is 0.683 bits per heavy atom. The lowest BCUT2D eigenvalue weighted by Crippen LogP contribution is -2.16. The normalized spacial score (nSPS) is 10.6. The second-order valence-corrected chi connectivity index (χ2v) is 21.2. The van der Waals surface area contributed by atoms with Crippen LogP contribution in [-0.4, -0.2) is 91.0 Å². The highest BCUT2D eigenvalue weighted by Gasteiger charge is 2.12. The van der Waals surface area contributed by atoms with Crippen LogP contribution in [0, 0.1) is 0 Å². The molecule has 8 aromatic rings. The molecule has 0 aliphatic rings. The van der Waals surface area contributed by atoms with Gasteiger partial charge in [0.1, 0.15) is 0 Å². The minimum atomic E-state index is 0.0626. The molecule has 8 rings (SSSR count). The van der Waals surface area contributed by atoms with Crippen LogP contribution < -0.4 is 65.9 Å². The Labute approximate surface area is 514 Å². The van der Waals surface area contributed by atoms with Crippen molar-refractivity contribution >= 4 is 170 Å². The third kappa shape index (κ3) is 23.0. The molecule has 0 aliphatic carbocycles. The average molecular weight is 1280 g/mol. The molecule has 0 bridgehead atoms. The van der Waals surface area contributed by atoms with Crippen molar-refractivity contribution in [1.29, 1.82) is 0 Å². The van der Waals surface area contributed by atoms with Gasteiger partial charge in [0.05, 0.1) is 30.8 Å². The minimum absolute atomic E-state index is 0.0626. The molecule has 82 heavy (non-hydrogen) atoms. The third-order valence-electron chi connectivity index (χ3n) is 9.93. The Morgan fingerprint density at radius 1 is 0.341 bits per heavy atom. The van der Waals surface area contributed by atoms with E-state index in [1.54, 1.807) is 30.3 Å². The summed E-state index contributed by atoms with van der Waals surface area (Å²) in [7, 11) is 0. The molecule has 0 fully saturated rings. The number of anilines is 13. The Hall–Kier alpha value is -7.16. The van der Waals surface area contributed by atoms with Crippen LogP contribution in [0.25, 0.3) is 0 Å². The fraction of sp³-hybridized carbons (Fsp3) is 0.280. The number of nitrogens with two attached hydrogens (primary N) is 5. The van der Waals surface area contributed by atoms with Gasteiger partial charge in [-0.05, 0) is 114 Å². The number of halogens is 8. The summed E-state index contributed by atoms with van der Waals surface area (Å²) in [5.74, 6) is 3.39. The topological polar surface area (TPSA) is 369 Å². The van der Waals surface area contributed by atoms with Crippen molar-refractivity contribution in [3.63, 3.8) is 0 Å². The molecule has 0 unspecified atom stereocenters. The van der Waals surface area contributed by atoms with Gasteiger partial charge in [-0.15, -0.1) is 0 Å². The maximum atomic E-state index is 6.15. The number of rotatable bonds is 19. The number of nitrogen functional groups attached to an aromatic ring is 5. The van der Waals surface area contributed by atoms with Crippen LogP contribution >= 0.6 is 92.8 Å². The first-order chi connectivity index (χ1) is 38.9. The zero-order valence-electron chi connectivity index (χ0n) is 45.0. The molecular formula is C50H60Cl8N24. The summed E-state index contributed by atoms with van der Waals surface area (Å²) in [6.07, 6.45) is 1.25. The number of para-hydroxylation sites is 1. The Bertz CT molecular complexity index is 3340. The van der Waals surface area contributed by atoms with Gasteiger partial charge in [-0.25, -0.2) is 0 Å². The molecule has 0 spiro atoms. The monoisotopic (exact) mass is 1280 g/mol. The van der Waals surface area contributed by atoms with Crippen LogP contribution in [0.2, 0.25) is 40.2 Å². The highest BCUT2D eigenvalue weighted by Crippen LogP contribution is 2.31. The fourth-order valence-corrected chi connectivity index (χ4v) is 8.19. The van der Waals surface area contributed by atoms with E-state index in [0.29, 0.717) is 120 Å². The van der Waals surface area contributed by atoms with Gasteiger partial charge < -0.3 is 65.9 Å². The van der Waals surface area contributed by atoms with E-state index in [2.05, 4.69) is 97.0 Å². The van der Waals surface area contributed by atoms with Crippen molar-refractivity contribution in [2.24, 2.45) is 0 Å². The molecule has 32 heteroatoms. The molecule has 0 saturated heterocycles. The van der Waals surface area contributed by atoms with E-state index in [-0.39, 0.29) is 47.9 Å². The molecule has 24 nitrogen and oxygen atoms in total. The van der Waals surface area contributed by atoms with E-state index in [0.717, 1.165) is 16.7 Å². The number of nitrogens with zero attached hydrogens (tertiary/aromatic N) is 12. The average Bonchev–Trinajstić information content (AvgIpc) is 3.47. The van der Waals surface area contributed by atoms with Crippen molar-refractivity contribution in [3.8, 4) is 0 Å². The van der Waals surface area contributed by atoms with E-state index in [1.807, 2.05) is 84.0 Å². The smallest absolute Gasteiger partial charge is 0.233 e. The predicted molar refractivity (Wildman–Crippen MR) is 338 cm³/mol. The Kier molecular flexibility index (Phi) is 26.0. The van der Waals surface area contributed by atoms with Crippen LogP contribution in [0.4, 0.5) is 77.1 Å².